The quantitative estimate of drug-likeness (QED) is 0.869. The SMILES string of the molecule is CC1(O)CCCN(Cc2nnc(C(C)(C)C)o2)C1. The molecule has 18 heavy (non-hydrogen) atoms. The second-order valence-corrected chi connectivity index (χ2v) is 6.56. The van der Waals surface area contributed by atoms with Crippen molar-refractivity contribution in [1.29, 1.82) is 0 Å². The Balaban J connectivity index is 1.99. The molecule has 1 unspecified atom stereocenters. The second-order valence-electron chi connectivity index (χ2n) is 6.56. The van der Waals surface area contributed by atoms with Crippen LogP contribution in [-0.4, -0.2) is 38.9 Å². The van der Waals surface area contributed by atoms with Gasteiger partial charge in [0.05, 0.1) is 12.1 Å². The van der Waals surface area contributed by atoms with Crippen LogP contribution in [0, 0.1) is 0 Å². The molecule has 5 nitrogen and oxygen atoms in total. The van der Waals surface area contributed by atoms with Crippen molar-refractivity contribution in [2.45, 2.75) is 58.1 Å². The number of likely N-dealkylation sites (tertiary alicyclic amines) is 1. The molecule has 0 radical (unpaired) electrons. The van der Waals surface area contributed by atoms with Gasteiger partial charge in [0.1, 0.15) is 0 Å². The molecule has 1 aromatic rings. The smallest absolute Gasteiger partial charge is 0.230 e. The van der Waals surface area contributed by atoms with Crippen LogP contribution in [0.25, 0.3) is 0 Å². The zero-order valence-corrected chi connectivity index (χ0v) is 11.7. The van der Waals surface area contributed by atoms with E-state index in [1.807, 2.05) is 6.92 Å². The summed E-state index contributed by atoms with van der Waals surface area (Å²) in [4.78, 5) is 2.17. The Morgan fingerprint density at radius 1 is 1.39 bits per heavy atom. The minimum absolute atomic E-state index is 0.112. The summed E-state index contributed by atoms with van der Waals surface area (Å²) >= 11 is 0. The van der Waals surface area contributed by atoms with Gasteiger partial charge in [-0.2, -0.15) is 0 Å². The zero-order valence-electron chi connectivity index (χ0n) is 11.7. The van der Waals surface area contributed by atoms with Crippen LogP contribution in [0.3, 0.4) is 0 Å². The predicted molar refractivity (Wildman–Crippen MR) is 68.1 cm³/mol. The Morgan fingerprint density at radius 3 is 2.67 bits per heavy atom. The monoisotopic (exact) mass is 253 g/mol. The lowest BCUT2D eigenvalue weighted by Gasteiger charge is -2.35. The van der Waals surface area contributed by atoms with E-state index in [1.165, 1.54) is 0 Å². The first kappa shape index (κ1) is 13.5. The summed E-state index contributed by atoms with van der Waals surface area (Å²) < 4.78 is 5.67. The van der Waals surface area contributed by atoms with Crippen molar-refractivity contribution >= 4 is 0 Å². The van der Waals surface area contributed by atoms with Gasteiger partial charge in [-0.3, -0.25) is 4.90 Å². The largest absolute Gasteiger partial charge is 0.423 e. The summed E-state index contributed by atoms with van der Waals surface area (Å²) in [6.07, 6.45) is 1.87. The van der Waals surface area contributed by atoms with E-state index in [-0.39, 0.29) is 5.41 Å². The summed E-state index contributed by atoms with van der Waals surface area (Å²) in [6.45, 7) is 10.3. The van der Waals surface area contributed by atoms with E-state index in [9.17, 15) is 5.11 Å². The number of rotatable bonds is 2. The van der Waals surface area contributed by atoms with E-state index in [2.05, 4.69) is 35.9 Å². The molecule has 1 aliphatic rings. The zero-order chi connectivity index (χ0) is 13.4. The van der Waals surface area contributed by atoms with E-state index >= 15 is 0 Å². The number of hydrogen-bond donors (Lipinski definition) is 1. The second kappa shape index (κ2) is 4.63. The van der Waals surface area contributed by atoms with Gasteiger partial charge in [-0.25, -0.2) is 0 Å². The number of nitrogens with zero attached hydrogens (tertiary/aromatic N) is 3. The standard InChI is InChI=1S/C13H23N3O2/c1-12(2,3)11-15-14-10(18-11)8-16-7-5-6-13(4,17)9-16/h17H,5-9H2,1-4H3. The third-order valence-corrected chi connectivity index (χ3v) is 3.22. The van der Waals surface area contributed by atoms with Crippen LogP contribution in [0.15, 0.2) is 4.42 Å². The molecular weight excluding hydrogens is 230 g/mol. The van der Waals surface area contributed by atoms with E-state index in [0.29, 0.717) is 24.9 Å². The molecule has 1 saturated heterocycles. The lowest BCUT2D eigenvalue weighted by Crippen LogP contribution is -2.45. The van der Waals surface area contributed by atoms with Gasteiger partial charge in [-0.05, 0) is 26.3 Å². The highest BCUT2D eigenvalue weighted by molar-refractivity contribution is 4.96. The number of aliphatic hydroxyl groups is 1. The maximum atomic E-state index is 10.0. The maximum Gasteiger partial charge on any atom is 0.230 e. The van der Waals surface area contributed by atoms with Gasteiger partial charge < -0.3 is 9.52 Å². The number of piperidine rings is 1. The summed E-state index contributed by atoms with van der Waals surface area (Å²) in [6, 6.07) is 0. The summed E-state index contributed by atoms with van der Waals surface area (Å²) in [5.41, 5.74) is -0.705. The maximum absolute atomic E-state index is 10.0. The van der Waals surface area contributed by atoms with Crippen LogP contribution >= 0.6 is 0 Å². The molecule has 2 rings (SSSR count). The van der Waals surface area contributed by atoms with E-state index in [4.69, 9.17) is 4.42 Å². The van der Waals surface area contributed by atoms with Gasteiger partial charge >= 0.3 is 0 Å². The highest BCUT2D eigenvalue weighted by Gasteiger charge is 2.29. The molecule has 1 aromatic heterocycles. The van der Waals surface area contributed by atoms with Gasteiger partial charge in [-0.1, -0.05) is 20.8 Å². The minimum Gasteiger partial charge on any atom is -0.423 e. The molecule has 102 valence electrons. The Morgan fingerprint density at radius 2 is 2.11 bits per heavy atom. The lowest BCUT2D eigenvalue weighted by atomic mass is 9.95. The van der Waals surface area contributed by atoms with Gasteiger partial charge in [0, 0.05) is 12.0 Å². The van der Waals surface area contributed by atoms with Crippen molar-refractivity contribution in [2.24, 2.45) is 0 Å². The Bertz CT molecular complexity index is 407. The molecule has 1 fully saturated rings. The molecule has 0 aliphatic carbocycles. The van der Waals surface area contributed by atoms with Crippen LogP contribution < -0.4 is 0 Å². The molecule has 1 N–H and O–H groups in total. The third kappa shape index (κ3) is 3.29. The molecule has 0 amide bonds. The first-order valence-electron chi connectivity index (χ1n) is 6.54. The fourth-order valence-corrected chi connectivity index (χ4v) is 2.27. The lowest BCUT2D eigenvalue weighted by molar-refractivity contribution is -0.0204. The van der Waals surface area contributed by atoms with Gasteiger partial charge in [-0.15, -0.1) is 10.2 Å². The molecule has 0 aromatic carbocycles. The normalized spacial score (nSPS) is 26.5. The van der Waals surface area contributed by atoms with Crippen LogP contribution in [0.2, 0.25) is 0 Å². The fraction of sp³-hybridized carbons (Fsp3) is 0.846. The van der Waals surface area contributed by atoms with E-state index < -0.39 is 5.60 Å². The van der Waals surface area contributed by atoms with Crippen LogP contribution in [0.1, 0.15) is 52.3 Å². The van der Waals surface area contributed by atoms with Gasteiger partial charge in [0.15, 0.2) is 0 Å². The van der Waals surface area contributed by atoms with E-state index in [1.54, 1.807) is 0 Å². The predicted octanol–water partition coefficient (Wildman–Crippen LogP) is 1.71. The first-order chi connectivity index (χ1) is 8.26. The van der Waals surface area contributed by atoms with Crippen molar-refractivity contribution in [3.8, 4) is 0 Å². The van der Waals surface area contributed by atoms with Crippen molar-refractivity contribution in [3.05, 3.63) is 11.8 Å². The number of hydrogen-bond acceptors (Lipinski definition) is 5. The van der Waals surface area contributed by atoms with Gasteiger partial charge in [0.2, 0.25) is 11.8 Å². The molecule has 1 atom stereocenters. The molecule has 1 aliphatic heterocycles. The third-order valence-electron chi connectivity index (χ3n) is 3.22. The highest BCUT2D eigenvalue weighted by Crippen LogP contribution is 2.23. The summed E-state index contributed by atoms with van der Waals surface area (Å²) in [5.74, 6) is 1.30. The molecule has 5 heteroatoms. The minimum atomic E-state index is -0.592. The fourth-order valence-electron chi connectivity index (χ4n) is 2.27. The highest BCUT2D eigenvalue weighted by atomic mass is 16.4. The van der Waals surface area contributed by atoms with Crippen LogP contribution in [0.5, 0.6) is 0 Å². The van der Waals surface area contributed by atoms with Gasteiger partial charge in [0.25, 0.3) is 0 Å². The van der Waals surface area contributed by atoms with Crippen LogP contribution in [0.4, 0.5) is 0 Å². The van der Waals surface area contributed by atoms with Crippen LogP contribution in [-0.2, 0) is 12.0 Å². The summed E-state index contributed by atoms with van der Waals surface area (Å²) in [7, 11) is 0. The Labute approximate surface area is 108 Å². The number of aromatic nitrogens is 2. The van der Waals surface area contributed by atoms with Crippen molar-refractivity contribution in [1.82, 2.24) is 15.1 Å². The molecule has 0 bridgehead atoms. The van der Waals surface area contributed by atoms with Crippen molar-refractivity contribution < 1.29 is 9.52 Å². The van der Waals surface area contributed by atoms with E-state index in [0.717, 1.165) is 19.4 Å². The average molecular weight is 253 g/mol. The summed E-state index contributed by atoms with van der Waals surface area (Å²) in [5, 5.41) is 18.2. The molecule has 0 spiro atoms. The van der Waals surface area contributed by atoms with Crippen molar-refractivity contribution in [3.63, 3.8) is 0 Å². The Hall–Kier alpha value is -0.940. The molecule has 0 saturated carbocycles. The van der Waals surface area contributed by atoms with Crippen molar-refractivity contribution in [2.75, 3.05) is 13.1 Å². The molecular formula is C13H23N3O2. The first-order valence-corrected chi connectivity index (χ1v) is 6.54. The molecule has 2 heterocycles. The number of β-amino-alcohol motifs (C(OH)–C–C–N with tert-alkyl or cyclic N) is 1. The Kier molecular flexibility index (Phi) is 3.47. The average Bonchev–Trinajstić information content (AvgIpc) is 2.63. The topological polar surface area (TPSA) is 62.4 Å².